The van der Waals surface area contributed by atoms with E-state index in [2.05, 4.69) is 10.0 Å². The van der Waals surface area contributed by atoms with E-state index in [1.54, 1.807) is 0 Å². The summed E-state index contributed by atoms with van der Waals surface area (Å²) >= 11 is 0. The molecule has 0 aliphatic carbocycles. The zero-order valence-corrected chi connectivity index (χ0v) is 19.2. The first kappa shape index (κ1) is 22.3. The largest absolute Gasteiger partial charge is 0.390 e. The first-order valence-electron chi connectivity index (χ1n) is 11.7. The molecule has 1 N–H and O–H groups in total. The number of carbonyl (C=O) groups is 2. The molecule has 1 unspecified atom stereocenters. The summed E-state index contributed by atoms with van der Waals surface area (Å²) in [5, 5.41) is 17.7. The number of amides is 1. The summed E-state index contributed by atoms with van der Waals surface area (Å²) in [4.78, 5) is 26.8. The van der Waals surface area contributed by atoms with Gasteiger partial charge in [0.25, 0.3) is 5.91 Å². The molecule has 2 aromatic carbocycles. The number of hydrogen-bond acceptors (Lipinski definition) is 5. The Morgan fingerprint density at radius 3 is 2.47 bits per heavy atom. The fourth-order valence-electron chi connectivity index (χ4n) is 4.69. The number of ketones is 1. The van der Waals surface area contributed by atoms with Crippen molar-refractivity contribution in [2.45, 2.75) is 32.4 Å². The molecule has 0 saturated carbocycles. The van der Waals surface area contributed by atoms with Gasteiger partial charge in [-0.3, -0.25) is 14.5 Å². The lowest BCUT2D eigenvalue weighted by Crippen LogP contribution is -2.40. The van der Waals surface area contributed by atoms with Gasteiger partial charge in [0.15, 0.2) is 0 Å². The molecular weight excluding hydrogens is 428 g/mol. The van der Waals surface area contributed by atoms with Crippen LogP contribution in [0.4, 0.5) is 5.69 Å². The molecule has 7 heteroatoms. The molecule has 5 rings (SSSR count). The zero-order valence-electron chi connectivity index (χ0n) is 19.2. The second-order valence-corrected chi connectivity index (χ2v) is 8.94. The number of likely N-dealkylation sites (tertiary alicyclic amines) is 1. The molecule has 0 bridgehead atoms. The van der Waals surface area contributed by atoms with E-state index < -0.39 is 6.10 Å². The van der Waals surface area contributed by atoms with Crippen molar-refractivity contribution in [1.29, 1.82) is 0 Å². The Morgan fingerprint density at radius 2 is 1.71 bits per heavy atom. The Balaban J connectivity index is 1.39. The third-order valence-electron chi connectivity index (χ3n) is 6.47. The highest BCUT2D eigenvalue weighted by Crippen LogP contribution is 2.28. The lowest BCUT2D eigenvalue weighted by molar-refractivity contribution is -0.121. The monoisotopic (exact) mass is 456 g/mol. The van der Waals surface area contributed by atoms with Gasteiger partial charge in [0.2, 0.25) is 0 Å². The molecule has 1 saturated heterocycles. The quantitative estimate of drug-likeness (QED) is 0.576. The van der Waals surface area contributed by atoms with E-state index >= 15 is 0 Å². The van der Waals surface area contributed by atoms with Crippen molar-refractivity contribution in [1.82, 2.24) is 9.47 Å². The molecular formula is C27H28N4O3. The number of carbonyl (C=O) groups excluding carboxylic acids is 2. The molecule has 7 nitrogen and oxygen atoms in total. The number of nitrogens with zero attached hydrogens (tertiary/aromatic N) is 4. The normalized spacial score (nSPS) is 19.3. The summed E-state index contributed by atoms with van der Waals surface area (Å²) in [6, 6.07) is 17.4. The number of aliphatic hydroxyl groups excluding tert-OH is 1. The van der Waals surface area contributed by atoms with Crippen molar-refractivity contribution >= 4 is 40.1 Å². The highest BCUT2D eigenvalue weighted by atomic mass is 16.3. The predicted octanol–water partition coefficient (Wildman–Crippen LogP) is 3.47. The van der Waals surface area contributed by atoms with Gasteiger partial charge in [-0.15, -0.1) is 0 Å². The van der Waals surface area contributed by atoms with Crippen LogP contribution in [0.15, 0.2) is 71.5 Å². The number of hydrazone groups is 1. The Hall–Kier alpha value is -3.55. The maximum Gasteiger partial charge on any atom is 0.280 e. The minimum absolute atomic E-state index is 0.153. The number of piperidine rings is 1. The molecule has 0 spiro atoms. The molecule has 3 aromatic rings. The van der Waals surface area contributed by atoms with Crippen molar-refractivity contribution < 1.29 is 14.7 Å². The van der Waals surface area contributed by atoms with E-state index in [-0.39, 0.29) is 5.91 Å². The maximum absolute atomic E-state index is 13.2. The van der Waals surface area contributed by atoms with E-state index in [0.29, 0.717) is 56.1 Å². The van der Waals surface area contributed by atoms with Crippen LogP contribution in [0.5, 0.6) is 0 Å². The van der Waals surface area contributed by atoms with Crippen LogP contribution in [0, 0.1) is 0 Å². The first-order chi connectivity index (χ1) is 16.5. The maximum atomic E-state index is 13.2. The van der Waals surface area contributed by atoms with Gasteiger partial charge in [-0.2, -0.15) is 10.1 Å². The van der Waals surface area contributed by atoms with Gasteiger partial charge in [-0.1, -0.05) is 36.4 Å². The molecule has 34 heavy (non-hydrogen) atoms. The topological polar surface area (TPSA) is 78.1 Å². The van der Waals surface area contributed by atoms with Crippen LogP contribution in [-0.2, 0) is 16.1 Å². The number of benzene rings is 2. The van der Waals surface area contributed by atoms with E-state index in [1.165, 1.54) is 5.01 Å². The molecule has 174 valence electrons. The molecule has 2 aliphatic rings. The second kappa shape index (κ2) is 9.37. The number of β-amino-alcohol motifs (C(OH)–C–C–N with tert-alkyl or cyclic N) is 1. The average Bonchev–Trinajstić information content (AvgIpc) is 3.33. The van der Waals surface area contributed by atoms with Crippen LogP contribution >= 0.6 is 0 Å². The smallest absolute Gasteiger partial charge is 0.280 e. The SMILES string of the molecule is CC1=NN(c2ccccc2)C(=O)C1=Cc1cn(CC(O)CN2CCC(=O)CC2)c2ccccc12. The van der Waals surface area contributed by atoms with Gasteiger partial charge >= 0.3 is 0 Å². The van der Waals surface area contributed by atoms with E-state index in [4.69, 9.17) is 0 Å². The lowest BCUT2D eigenvalue weighted by Gasteiger charge is -2.28. The summed E-state index contributed by atoms with van der Waals surface area (Å²) in [6.45, 7) is 4.23. The molecule has 1 fully saturated rings. The lowest BCUT2D eigenvalue weighted by atomic mass is 10.1. The van der Waals surface area contributed by atoms with Crippen LogP contribution in [0.3, 0.4) is 0 Å². The van der Waals surface area contributed by atoms with Gasteiger partial charge in [-0.25, -0.2) is 0 Å². The fraction of sp³-hybridized carbons (Fsp3) is 0.296. The van der Waals surface area contributed by atoms with E-state index in [0.717, 1.165) is 22.2 Å². The number of hydrogen-bond donors (Lipinski definition) is 1. The Morgan fingerprint density at radius 1 is 1.00 bits per heavy atom. The Labute approximate surface area is 198 Å². The van der Waals surface area contributed by atoms with Crippen LogP contribution in [0.25, 0.3) is 17.0 Å². The van der Waals surface area contributed by atoms with Gasteiger partial charge in [0.05, 0.1) is 23.1 Å². The third kappa shape index (κ3) is 4.44. The summed E-state index contributed by atoms with van der Waals surface area (Å²) in [7, 11) is 0. The summed E-state index contributed by atoms with van der Waals surface area (Å²) < 4.78 is 2.04. The molecule has 3 heterocycles. The highest BCUT2D eigenvalue weighted by molar-refractivity contribution is 6.32. The first-order valence-corrected chi connectivity index (χ1v) is 11.7. The Kier molecular flexibility index (Phi) is 6.13. The number of aromatic nitrogens is 1. The Bertz CT molecular complexity index is 1280. The average molecular weight is 457 g/mol. The summed E-state index contributed by atoms with van der Waals surface area (Å²) in [5.41, 5.74) is 3.89. The standard InChI is InChI=1S/C27H28N4O3/c1-19-25(27(34)31(28-19)21-7-3-2-4-8-21)15-20-16-30(26-10-6-5-9-24(20)26)18-23(33)17-29-13-11-22(32)12-14-29/h2-10,15-16,23,33H,11-14,17-18H2,1H3. The van der Waals surface area contributed by atoms with Gasteiger partial charge < -0.3 is 9.67 Å². The van der Waals surface area contributed by atoms with Crippen molar-refractivity contribution in [3.8, 4) is 0 Å². The summed E-state index contributed by atoms with van der Waals surface area (Å²) in [6.07, 6.45) is 4.45. The molecule has 0 radical (unpaired) electrons. The molecule has 1 atom stereocenters. The fourth-order valence-corrected chi connectivity index (χ4v) is 4.69. The number of rotatable bonds is 6. The number of aliphatic hydroxyl groups is 1. The van der Waals surface area contributed by atoms with Gasteiger partial charge in [0, 0.05) is 61.7 Å². The molecule has 1 aromatic heterocycles. The number of Topliss-reactive ketones (excluding diaryl/α,β-unsaturated/α-hetero) is 1. The zero-order chi connectivity index (χ0) is 23.7. The van der Waals surface area contributed by atoms with Crippen molar-refractivity contribution in [2.24, 2.45) is 5.10 Å². The van der Waals surface area contributed by atoms with E-state index in [9.17, 15) is 14.7 Å². The number of para-hydroxylation sites is 2. The van der Waals surface area contributed by atoms with Crippen LogP contribution in [0.2, 0.25) is 0 Å². The van der Waals surface area contributed by atoms with Crippen LogP contribution in [0.1, 0.15) is 25.3 Å². The minimum Gasteiger partial charge on any atom is -0.390 e. The number of anilines is 1. The third-order valence-corrected chi connectivity index (χ3v) is 6.47. The van der Waals surface area contributed by atoms with Crippen LogP contribution < -0.4 is 5.01 Å². The van der Waals surface area contributed by atoms with Crippen molar-refractivity contribution in [3.05, 3.63) is 71.9 Å². The van der Waals surface area contributed by atoms with Crippen molar-refractivity contribution in [2.75, 3.05) is 24.6 Å². The predicted molar refractivity (Wildman–Crippen MR) is 134 cm³/mol. The van der Waals surface area contributed by atoms with Crippen LogP contribution in [-0.4, -0.2) is 57.7 Å². The van der Waals surface area contributed by atoms with Gasteiger partial charge in [-0.05, 0) is 31.2 Å². The summed E-state index contributed by atoms with van der Waals surface area (Å²) in [5.74, 6) is 0.145. The van der Waals surface area contributed by atoms with E-state index in [1.807, 2.05) is 78.4 Å². The number of fused-ring (bicyclic) bond motifs is 1. The minimum atomic E-state index is -0.561. The molecule has 2 aliphatic heterocycles. The highest BCUT2D eigenvalue weighted by Gasteiger charge is 2.29. The van der Waals surface area contributed by atoms with Gasteiger partial charge in [0.1, 0.15) is 5.78 Å². The van der Waals surface area contributed by atoms with Crippen molar-refractivity contribution in [3.63, 3.8) is 0 Å². The second-order valence-electron chi connectivity index (χ2n) is 8.94. The molecule has 1 amide bonds.